The van der Waals surface area contributed by atoms with Crippen LogP contribution in [0.5, 0.6) is 0 Å². The van der Waals surface area contributed by atoms with Crippen LogP contribution in [0.25, 0.3) is 0 Å². The summed E-state index contributed by atoms with van der Waals surface area (Å²) >= 11 is 5.12. The van der Waals surface area contributed by atoms with E-state index in [-0.39, 0.29) is 0 Å². The van der Waals surface area contributed by atoms with E-state index >= 15 is 0 Å². The van der Waals surface area contributed by atoms with Gasteiger partial charge in [0.25, 0.3) is 0 Å². The minimum Gasteiger partial charge on any atom is -0.310 e. The predicted octanol–water partition coefficient (Wildman–Crippen LogP) is 3.49. The maximum atomic E-state index is 12.9. The van der Waals surface area contributed by atoms with Crippen molar-refractivity contribution >= 4 is 27.3 Å². The molecule has 1 saturated carbocycles. The Kier molecular flexibility index (Phi) is 3.57. The van der Waals surface area contributed by atoms with Gasteiger partial charge in [0.15, 0.2) is 0 Å². The van der Waals surface area contributed by atoms with Gasteiger partial charge >= 0.3 is 0 Å². The zero-order valence-electron chi connectivity index (χ0n) is 7.80. The molecule has 2 rings (SSSR count). The van der Waals surface area contributed by atoms with Crippen molar-refractivity contribution < 1.29 is 4.39 Å². The average molecular weight is 278 g/mol. The molecule has 1 fully saturated rings. The summed E-state index contributed by atoms with van der Waals surface area (Å²) in [5, 5.41) is 5.51. The van der Waals surface area contributed by atoms with Crippen molar-refractivity contribution in [3.05, 3.63) is 20.8 Å². The lowest BCUT2D eigenvalue weighted by molar-refractivity contribution is 0.333. The van der Waals surface area contributed by atoms with Crippen molar-refractivity contribution in [2.45, 2.75) is 38.0 Å². The first kappa shape index (κ1) is 10.6. The number of hydrogen-bond acceptors (Lipinski definition) is 2. The smallest absolute Gasteiger partial charge is 0.102 e. The Morgan fingerprint density at radius 2 is 2.43 bits per heavy atom. The molecule has 1 N–H and O–H groups in total. The highest BCUT2D eigenvalue weighted by Crippen LogP contribution is 2.23. The van der Waals surface area contributed by atoms with E-state index in [2.05, 4.69) is 32.7 Å². The summed E-state index contributed by atoms with van der Waals surface area (Å²) in [4.78, 5) is 0. The van der Waals surface area contributed by atoms with Gasteiger partial charge in [-0.25, -0.2) is 4.39 Å². The molecule has 2 unspecified atom stereocenters. The van der Waals surface area contributed by atoms with E-state index in [4.69, 9.17) is 0 Å². The molecule has 1 aromatic heterocycles. The minimum absolute atomic E-state index is 0.378. The normalized spacial score (nSPS) is 27.0. The fourth-order valence-corrected chi connectivity index (χ4v) is 3.02. The van der Waals surface area contributed by atoms with Crippen LogP contribution in [-0.4, -0.2) is 12.2 Å². The van der Waals surface area contributed by atoms with Crippen molar-refractivity contribution in [2.75, 3.05) is 0 Å². The third-order valence-corrected chi connectivity index (χ3v) is 4.14. The van der Waals surface area contributed by atoms with Gasteiger partial charge in [0.1, 0.15) is 6.17 Å². The molecule has 0 spiro atoms. The first-order chi connectivity index (χ1) is 6.74. The van der Waals surface area contributed by atoms with Crippen LogP contribution in [0.3, 0.4) is 0 Å². The monoisotopic (exact) mass is 277 g/mol. The van der Waals surface area contributed by atoms with Crippen molar-refractivity contribution in [1.29, 1.82) is 0 Å². The fourth-order valence-electron chi connectivity index (χ4n) is 1.81. The van der Waals surface area contributed by atoms with Crippen LogP contribution in [0.2, 0.25) is 0 Å². The molecule has 0 aliphatic heterocycles. The lowest BCUT2D eigenvalue weighted by Gasteiger charge is -2.10. The average Bonchev–Trinajstić information content (AvgIpc) is 2.72. The summed E-state index contributed by atoms with van der Waals surface area (Å²) in [6.07, 6.45) is 1.81. The van der Waals surface area contributed by atoms with Crippen LogP contribution in [0.15, 0.2) is 15.2 Å². The van der Waals surface area contributed by atoms with E-state index in [0.29, 0.717) is 12.5 Å². The fraction of sp³-hybridized carbons (Fsp3) is 0.600. The zero-order chi connectivity index (χ0) is 9.97. The topological polar surface area (TPSA) is 12.0 Å². The van der Waals surface area contributed by atoms with Crippen molar-refractivity contribution in [2.24, 2.45) is 0 Å². The third kappa shape index (κ3) is 2.78. The van der Waals surface area contributed by atoms with Gasteiger partial charge < -0.3 is 5.32 Å². The molecule has 14 heavy (non-hydrogen) atoms. The SMILES string of the molecule is FC1CCC(NCc2csc(Br)c2)C1. The highest BCUT2D eigenvalue weighted by Gasteiger charge is 2.23. The molecule has 4 heteroatoms. The summed E-state index contributed by atoms with van der Waals surface area (Å²) in [6.45, 7) is 0.861. The molecule has 0 aromatic carbocycles. The number of hydrogen-bond donors (Lipinski definition) is 1. The van der Waals surface area contributed by atoms with Crippen molar-refractivity contribution in [3.8, 4) is 0 Å². The lowest BCUT2D eigenvalue weighted by Crippen LogP contribution is -2.25. The number of nitrogens with one attached hydrogen (secondary N) is 1. The first-order valence-electron chi connectivity index (χ1n) is 4.84. The van der Waals surface area contributed by atoms with Gasteiger partial charge in [-0.15, -0.1) is 11.3 Å². The van der Waals surface area contributed by atoms with E-state index in [9.17, 15) is 4.39 Å². The largest absolute Gasteiger partial charge is 0.310 e. The van der Waals surface area contributed by atoms with E-state index in [1.54, 1.807) is 11.3 Å². The summed E-state index contributed by atoms with van der Waals surface area (Å²) < 4.78 is 14.0. The van der Waals surface area contributed by atoms with Crippen LogP contribution in [-0.2, 0) is 6.54 Å². The molecular formula is C10H13BrFNS. The molecule has 2 atom stereocenters. The van der Waals surface area contributed by atoms with E-state index < -0.39 is 6.17 Å². The van der Waals surface area contributed by atoms with Crippen molar-refractivity contribution in [3.63, 3.8) is 0 Å². The molecule has 0 bridgehead atoms. The summed E-state index contributed by atoms with van der Waals surface area (Å²) in [6, 6.07) is 2.49. The Morgan fingerprint density at radius 3 is 3.00 bits per heavy atom. The Labute approximate surface area is 95.8 Å². The number of thiophene rings is 1. The van der Waals surface area contributed by atoms with Crippen LogP contribution in [0, 0.1) is 0 Å². The molecular weight excluding hydrogens is 265 g/mol. The Balaban J connectivity index is 1.77. The molecule has 0 saturated heterocycles. The van der Waals surface area contributed by atoms with Gasteiger partial charge in [-0.05, 0) is 52.2 Å². The zero-order valence-corrected chi connectivity index (χ0v) is 10.2. The quantitative estimate of drug-likeness (QED) is 0.892. The van der Waals surface area contributed by atoms with Gasteiger partial charge in [0.2, 0.25) is 0 Å². The third-order valence-electron chi connectivity index (χ3n) is 2.59. The first-order valence-corrected chi connectivity index (χ1v) is 6.51. The standard InChI is InChI=1S/C10H13BrFNS/c11-10-3-7(6-14-10)5-13-9-2-1-8(12)4-9/h3,6,8-9,13H,1-2,4-5H2. The Bertz CT molecular complexity index is 302. The Morgan fingerprint density at radius 1 is 1.57 bits per heavy atom. The van der Waals surface area contributed by atoms with Gasteiger partial charge in [0.05, 0.1) is 3.79 Å². The van der Waals surface area contributed by atoms with Gasteiger partial charge in [-0.3, -0.25) is 0 Å². The molecule has 1 aliphatic rings. The van der Waals surface area contributed by atoms with Gasteiger partial charge in [0, 0.05) is 12.6 Å². The van der Waals surface area contributed by atoms with Crippen LogP contribution in [0.4, 0.5) is 4.39 Å². The molecule has 1 heterocycles. The number of halogens is 2. The molecule has 0 radical (unpaired) electrons. The maximum absolute atomic E-state index is 12.9. The highest BCUT2D eigenvalue weighted by molar-refractivity contribution is 9.11. The number of rotatable bonds is 3. The molecule has 1 nitrogen and oxygen atoms in total. The molecule has 0 amide bonds. The second-order valence-corrected chi connectivity index (χ2v) is 6.04. The maximum Gasteiger partial charge on any atom is 0.102 e. The van der Waals surface area contributed by atoms with Crippen LogP contribution < -0.4 is 5.32 Å². The lowest BCUT2D eigenvalue weighted by atomic mass is 10.2. The van der Waals surface area contributed by atoms with Gasteiger partial charge in [-0.1, -0.05) is 0 Å². The van der Waals surface area contributed by atoms with Crippen LogP contribution >= 0.6 is 27.3 Å². The molecule has 1 aromatic rings. The van der Waals surface area contributed by atoms with E-state index in [1.807, 2.05) is 0 Å². The second kappa shape index (κ2) is 4.73. The summed E-state index contributed by atoms with van der Waals surface area (Å²) in [7, 11) is 0. The van der Waals surface area contributed by atoms with Crippen LogP contribution in [0.1, 0.15) is 24.8 Å². The highest BCUT2D eigenvalue weighted by atomic mass is 79.9. The Hall–Kier alpha value is 0.0700. The summed E-state index contributed by atoms with van der Waals surface area (Å²) in [5.74, 6) is 0. The molecule has 78 valence electrons. The minimum atomic E-state index is -0.582. The van der Waals surface area contributed by atoms with E-state index in [1.165, 1.54) is 5.56 Å². The molecule has 1 aliphatic carbocycles. The van der Waals surface area contributed by atoms with Crippen molar-refractivity contribution in [1.82, 2.24) is 5.32 Å². The number of alkyl halides is 1. The van der Waals surface area contributed by atoms with Gasteiger partial charge in [-0.2, -0.15) is 0 Å². The predicted molar refractivity (Wildman–Crippen MR) is 61.4 cm³/mol. The summed E-state index contributed by atoms with van der Waals surface area (Å²) in [5.41, 5.74) is 1.28. The second-order valence-electron chi connectivity index (χ2n) is 3.75. The van der Waals surface area contributed by atoms with E-state index in [0.717, 1.165) is 23.2 Å².